The van der Waals surface area contributed by atoms with E-state index < -0.39 is 41.4 Å². The number of benzene rings is 1. The highest BCUT2D eigenvalue weighted by Gasteiger charge is 2.50. The number of carbonyl (C=O) groups is 4. The van der Waals surface area contributed by atoms with Gasteiger partial charge in [-0.3, -0.25) is 24.1 Å². The molecule has 2 aromatic heterocycles. The van der Waals surface area contributed by atoms with Crippen LogP contribution >= 0.6 is 11.3 Å². The number of aromatic nitrogens is 2. The maximum Gasteiger partial charge on any atom is 0.274 e. The van der Waals surface area contributed by atoms with E-state index in [9.17, 15) is 19.2 Å². The Morgan fingerprint density at radius 2 is 1.66 bits per heavy atom. The largest absolute Gasteiger partial charge is 0.379 e. The molecule has 3 N–H and O–H groups in total. The van der Waals surface area contributed by atoms with Crippen LogP contribution in [0.15, 0.2) is 51.8 Å². The Morgan fingerprint density at radius 3 is 2.30 bits per heavy atom. The number of morpholine rings is 1. The molecule has 4 heterocycles. The standard InChI is InChI=1S/C33H42N6O7S/c1-21(2)13-25(29(40)33(3)19-45-33)35-30(41)26(14-22-7-5-4-6-8-22)36-31(42)27(15-23-18-47-20-34-23)37-32(43)28-16-24(46-38-28)17-39-9-11-44-12-10-39/h4-8,16,18,20-21,25-27H,9-15,17,19H2,1-3H3,(H,35,41)(H,36,42)(H,37,43)/t25?,26-,27?,33?/m0/s1. The van der Waals surface area contributed by atoms with Gasteiger partial charge in [0.2, 0.25) is 11.8 Å². The molecule has 14 heteroatoms. The van der Waals surface area contributed by atoms with Gasteiger partial charge in [-0.15, -0.1) is 11.3 Å². The average Bonchev–Trinajstić information content (AvgIpc) is 3.39. The van der Waals surface area contributed by atoms with Crippen molar-refractivity contribution in [3.8, 4) is 0 Å². The zero-order valence-corrected chi connectivity index (χ0v) is 27.7. The highest BCUT2D eigenvalue weighted by molar-refractivity contribution is 7.07. The van der Waals surface area contributed by atoms with Crippen LogP contribution in [-0.2, 0) is 43.2 Å². The molecule has 3 unspecified atom stereocenters. The van der Waals surface area contributed by atoms with Crippen molar-refractivity contribution in [2.45, 2.75) is 70.3 Å². The fourth-order valence-corrected chi connectivity index (χ4v) is 5.96. The first-order chi connectivity index (χ1) is 22.6. The molecule has 0 spiro atoms. The Bertz CT molecular complexity index is 1500. The number of ketones is 1. The molecule has 3 amide bonds. The second-order valence-corrected chi connectivity index (χ2v) is 13.3. The third kappa shape index (κ3) is 9.76. The van der Waals surface area contributed by atoms with Gasteiger partial charge >= 0.3 is 0 Å². The van der Waals surface area contributed by atoms with Gasteiger partial charge in [0, 0.05) is 37.4 Å². The monoisotopic (exact) mass is 666 g/mol. The summed E-state index contributed by atoms with van der Waals surface area (Å²) >= 11 is 1.37. The lowest BCUT2D eigenvalue weighted by Gasteiger charge is -2.26. The van der Waals surface area contributed by atoms with E-state index in [1.807, 2.05) is 44.2 Å². The Kier molecular flexibility index (Phi) is 11.5. The Hall–Kier alpha value is -3.98. The van der Waals surface area contributed by atoms with Gasteiger partial charge in [-0.1, -0.05) is 49.3 Å². The topological polar surface area (TPSA) is 168 Å². The Labute approximate surface area is 277 Å². The van der Waals surface area contributed by atoms with Crippen LogP contribution in [0.3, 0.4) is 0 Å². The number of hydrogen-bond acceptors (Lipinski definition) is 11. The molecule has 252 valence electrons. The maximum atomic E-state index is 13.9. The number of nitrogens with zero attached hydrogens (tertiary/aromatic N) is 3. The molecule has 0 radical (unpaired) electrons. The van der Waals surface area contributed by atoms with Crippen molar-refractivity contribution in [2.75, 3.05) is 32.9 Å². The van der Waals surface area contributed by atoms with Gasteiger partial charge in [0.1, 0.15) is 17.7 Å². The van der Waals surface area contributed by atoms with Crippen molar-refractivity contribution < 1.29 is 33.2 Å². The van der Waals surface area contributed by atoms with Crippen LogP contribution in [0, 0.1) is 5.92 Å². The molecule has 2 fully saturated rings. The molecule has 2 aliphatic heterocycles. The van der Waals surface area contributed by atoms with E-state index in [0.29, 0.717) is 44.2 Å². The summed E-state index contributed by atoms with van der Waals surface area (Å²) in [5.41, 5.74) is 2.18. The zero-order valence-electron chi connectivity index (χ0n) is 26.9. The van der Waals surface area contributed by atoms with Crippen molar-refractivity contribution in [1.29, 1.82) is 0 Å². The van der Waals surface area contributed by atoms with Crippen LogP contribution in [0.2, 0.25) is 0 Å². The second-order valence-electron chi connectivity index (χ2n) is 12.6. The lowest BCUT2D eigenvalue weighted by molar-refractivity contribution is -0.133. The number of hydrogen-bond donors (Lipinski definition) is 3. The molecular formula is C33H42N6O7S. The summed E-state index contributed by atoms with van der Waals surface area (Å²) in [5.74, 6) is -1.23. The van der Waals surface area contributed by atoms with Crippen molar-refractivity contribution in [3.63, 3.8) is 0 Å². The number of rotatable bonds is 16. The summed E-state index contributed by atoms with van der Waals surface area (Å²) in [4.78, 5) is 60.7. The average molecular weight is 667 g/mol. The van der Waals surface area contributed by atoms with E-state index in [4.69, 9.17) is 14.0 Å². The van der Waals surface area contributed by atoms with E-state index in [2.05, 4.69) is 31.0 Å². The molecule has 2 saturated heterocycles. The van der Waals surface area contributed by atoms with E-state index in [1.54, 1.807) is 23.9 Å². The molecule has 47 heavy (non-hydrogen) atoms. The molecule has 1 aromatic carbocycles. The first kappa shape index (κ1) is 34.4. The van der Waals surface area contributed by atoms with Crippen LogP contribution in [-0.4, -0.2) is 95.2 Å². The molecule has 0 bridgehead atoms. The highest BCUT2D eigenvalue weighted by atomic mass is 32.1. The number of amides is 3. The normalized spacial score (nSPS) is 19.8. The summed E-state index contributed by atoms with van der Waals surface area (Å²) in [5, 5.41) is 14.2. The van der Waals surface area contributed by atoms with E-state index in [0.717, 1.165) is 18.7 Å². The quantitative estimate of drug-likeness (QED) is 0.192. The van der Waals surface area contributed by atoms with E-state index in [-0.39, 0.29) is 30.2 Å². The van der Waals surface area contributed by atoms with Crippen LogP contribution < -0.4 is 16.0 Å². The third-order valence-corrected chi connectivity index (χ3v) is 8.78. The lowest BCUT2D eigenvalue weighted by Crippen LogP contribution is -2.57. The molecule has 5 rings (SSSR count). The zero-order chi connectivity index (χ0) is 33.4. The van der Waals surface area contributed by atoms with Crippen molar-refractivity contribution in [2.24, 2.45) is 5.92 Å². The first-order valence-corrected chi connectivity index (χ1v) is 16.8. The molecule has 4 atom stereocenters. The fraction of sp³-hybridized carbons (Fsp3) is 0.515. The summed E-state index contributed by atoms with van der Waals surface area (Å²) in [6.07, 6.45) is 0.674. The second kappa shape index (κ2) is 15.7. The van der Waals surface area contributed by atoms with Crippen molar-refractivity contribution in [1.82, 2.24) is 31.0 Å². The number of ether oxygens (including phenoxy) is 2. The first-order valence-electron chi connectivity index (χ1n) is 15.9. The molecule has 0 aliphatic carbocycles. The summed E-state index contributed by atoms with van der Waals surface area (Å²) in [7, 11) is 0. The molecular weight excluding hydrogens is 624 g/mol. The van der Waals surface area contributed by atoms with Gasteiger partial charge in [-0.25, -0.2) is 4.98 Å². The van der Waals surface area contributed by atoms with Gasteiger partial charge in [-0.2, -0.15) is 0 Å². The maximum absolute atomic E-state index is 13.9. The van der Waals surface area contributed by atoms with Crippen molar-refractivity contribution in [3.05, 3.63) is 70.0 Å². The van der Waals surface area contributed by atoms with Gasteiger partial charge in [0.05, 0.1) is 43.6 Å². The van der Waals surface area contributed by atoms with Crippen LogP contribution in [0.25, 0.3) is 0 Å². The SMILES string of the molecule is CC(C)CC(NC(=O)[C@H](Cc1ccccc1)NC(=O)C(Cc1cscn1)NC(=O)c1cc(CN2CCOCC2)on1)C(=O)C1(C)CO1. The number of epoxide rings is 1. The molecule has 0 saturated carbocycles. The Balaban J connectivity index is 1.32. The highest BCUT2D eigenvalue weighted by Crippen LogP contribution is 2.29. The smallest absolute Gasteiger partial charge is 0.274 e. The lowest BCUT2D eigenvalue weighted by atomic mass is 9.93. The number of nitrogens with one attached hydrogen (secondary N) is 3. The predicted molar refractivity (Wildman–Crippen MR) is 172 cm³/mol. The van der Waals surface area contributed by atoms with Gasteiger partial charge in [0.15, 0.2) is 17.2 Å². The minimum absolute atomic E-state index is 0.0359. The number of carbonyl (C=O) groups excluding carboxylic acids is 4. The molecule has 3 aromatic rings. The van der Waals surface area contributed by atoms with E-state index in [1.165, 1.54) is 11.3 Å². The molecule has 13 nitrogen and oxygen atoms in total. The van der Waals surface area contributed by atoms with Crippen LogP contribution in [0.4, 0.5) is 0 Å². The predicted octanol–water partition coefficient (Wildman–Crippen LogP) is 1.92. The summed E-state index contributed by atoms with van der Waals surface area (Å²) in [6.45, 7) is 9.18. The minimum atomic E-state index is -1.08. The third-order valence-electron chi connectivity index (χ3n) is 8.15. The van der Waals surface area contributed by atoms with Gasteiger partial charge in [-0.05, 0) is 24.8 Å². The fourth-order valence-electron chi connectivity index (χ4n) is 5.39. The Morgan fingerprint density at radius 1 is 0.979 bits per heavy atom. The van der Waals surface area contributed by atoms with Gasteiger partial charge in [0.25, 0.3) is 5.91 Å². The summed E-state index contributed by atoms with van der Waals surface area (Å²) < 4.78 is 16.2. The van der Waals surface area contributed by atoms with Crippen LogP contribution in [0.5, 0.6) is 0 Å². The minimum Gasteiger partial charge on any atom is -0.379 e. The summed E-state index contributed by atoms with van der Waals surface area (Å²) in [6, 6.07) is 7.92. The molecule has 2 aliphatic rings. The van der Waals surface area contributed by atoms with Crippen molar-refractivity contribution >= 4 is 34.8 Å². The number of Topliss-reactive ketones (excluding diaryl/α,β-unsaturated/α-hetero) is 1. The number of thiazole rings is 1. The van der Waals surface area contributed by atoms with Gasteiger partial charge < -0.3 is 29.9 Å². The van der Waals surface area contributed by atoms with Crippen LogP contribution in [0.1, 0.15) is 54.7 Å². The van der Waals surface area contributed by atoms with E-state index >= 15 is 0 Å².